The molecule has 0 amide bonds. The summed E-state index contributed by atoms with van der Waals surface area (Å²) in [6, 6.07) is 8.30. The second-order valence-corrected chi connectivity index (χ2v) is 4.65. The first-order valence-electron chi connectivity index (χ1n) is 6.57. The van der Waals surface area contributed by atoms with Gasteiger partial charge in [0, 0.05) is 18.7 Å². The number of benzene rings is 1. The summed E-state index contributed by atoms with van der Waals surface area (Å²) in [7, 11) is 0. The molecule has 19 heavy (non-hydrogen) atoms. The molecule has 1 aliphatic rings. The van der Waals surface area contributed by atoms with E-state index in [1.165, 1.54) is 5.56 Å². The number of para-hydroxylation sites is 1. The molecule has 2 atom stereocenters. The molecular formula is C14H17N3O2. The summed E-state index contributed by atoms with van der Waals surface area (Å²) in [5.41, 5.74) is 2.43. The van der Waals surface area contributed by atoms with Crippen molar-refractivity contribution in [2.45, 2.75) is 32.4 Å². The number of rotatable bonds is 4. The second-order valence-electron chi connectivity index (χ2n) is 4.65. The number of fused-ring (bicyclic) bond motifs is 1. The summed E-state index contributed by atoms with van der Waals surface area (Å²) in [5, 5.41) is 7.39. The van der Waals surface area contributed by atoms with Crippen LogP contribution in [-0.4, -0.2) is 16.7 Å². The van der Waals surface area contributed by atoms with Crippen LogP contribution in [0.3, 0.4) is 0 Å². The Morgan fingerprint density at radius 1 is 1.47 bits per heavy atom. The van der Waals surface area contributed by atoms with E-state index in [0.29, 0.717) is 18.3 Å². The van der Waals surface area contributed by atoms with E-state index in [1.807, 2.05) is 26.0 Å². The molecule has 5 nitrogen and oxygen atoms in total. The van der Waals surface area contributed by atoms with Gasteiger partial charge in [-0.2, -0.15) is 4.98 Å². The number of aromatic nitrogens is 2. The molecule has 1 aromatic carbocycles. The van der Waals surface area contributed by atoms with Crippen molar-refractivity contribution in [3.05, 3.63) is 41.5 Å². The Labute approximate surface area is 112 Å². The molecule has 0 bridgehead atoms. The minimum absolute atomic E-state index is 0.0625. The van der Waals surface area contributed by atoms with E-state index < -0.39 is 0 Å². The van der Waals surface area contributed by atoms with Crippen molar-refractivity contribution in [3.63, 3.8) is 0 Å². The smallest absolute Gasteiger partial charge is 0.249 e. The van der Waals surface area contributed by atoms with Gasteiger partial charge in [-0.3, -0.25) is 0 Å². The Balaban J connectivity index is 1.75. The van der Waals surface area contributed by atoms with E-state index in [0.717, 1.165) is 12.1 Å². The largest absolute Gasteiger partial charge is 0.373 e. The monoisotopic (exact) mass is 259 g/mol. The first-order valence-corrected chi connectivity index (χ1v) is 6.57. The highest BCUT2D eigenvalue weighted by atomic mass is 16.5. The van der Waals surface area contributed by atoms with Crippen LogP contribution >= 0.6 is 0 Å². The Bertz CT molecular complexity index is 542. The van der Waals surface area contributed by atoms with Gasteiger partial charge in [0.1, 0.15) is 12.1 Å². The molecule has 1 aliphatic heterocycles. The van der Waals surface area contributed by atoms with Crippen molar-refractivity contribution in [2.75, 3.05) is 11.9 Å². The quantitative estimate of drug-likeness (QED) is 0.914. The van der Waals surface area contributed by atoms with Crippen molar-refractivity contribution < 1.29 is 9.26 Å². The van der Waals surface area contributed by atoms with Crippen molar-refractivity contribution in [1.29, 1.82) is 0 Å². The summed E-state index contributed by atoms with van der Waals surface area (Å²) < 4.78 is 10.8. The van der Waals surface area contributed by atoms with E-state index in [9.17, 15) is 0 Å². The lowest BCUT2D eigenvalue weighted by molar-refractivity contribution is 0.0683. The molecule has 0 saturated carbocycles. The first kappa shape index (κ1) is 12.2. The topological polar surface area (TPSA) is 60.2 Å². The lowest BCUT2D eigenvalue weighted by Crippen LogP contribution is -2.07. The van der Waals surface area contributed by atoms with E-state index in [2.05, 4.69) is 27.6 Å². The highest BCUT2D eigenvalue weighted by Crippen LogP contribution is 2.33. The van der Waals surface area contributed by atoms with Crippen LogP contribution in [0.5, 0.6) is 0 Å². The third-order valence-electron chi connectivity index (χ3n) is 3.31. The minimum Gasteiger partial charge on any atom is -0.373 e. The zero-order valence-corrected chi connectivity index (χ0v) is 11.1. The molecule has 5 heteroatoms. The number of ether oxygens (including phenoxy) is 1. The van der Waals surface area contributed by atoms with Crippen LogP contribution < -0.4 is 5.32 Å². The number of nitrogens with zero attached hydrogens (tertiary/aromatic N) is 2. The van der Waals surface area contributed by atoms with E-state index in [-0.39, 0.29) is 12.1 Å². The molecule has 0 aliphatic carbocycles. The number of nitrogens with one attached hydrogen (secondary N) is 1. The summed E-state index contributed by atoms with van der Waals surface area (Å²) in [6.45, 7) is 4.51. The molecule has 2 unspecified atom stereocenters. The number of hydrogen-bond acceptors (Lipinski definition) is 5. The normalized spacial score (nSPS) is 18.9. The molecule has 2 heterocycles. The lowest BCUT2D eigenvalue weighted by atomic mass is 10.1. The average molecular weight is 259 g/mol. The number of anilines is 1. The van der Waals surface area contributed by atoms with E-state index in [4.69, 9.17) is 9.26 Å². The van der Waals surface area contributed by atoms with Gasteiger partial charge in [-0.05, 0) is 25.5 Å². The molecule has 0 spiro atoms. The SMILES string of the molecule is CCOC(C)c1noc(C2Cc3ccccc3N2)n1. The molecule has 1 aromatic heterocycles. The Morgan fingerprint density at radius 3 is 3.11 bits per heavy atom. The van der Waals surface area contributed by atoms with Crippen LogP contribution in [0.2, 0.25) is 0 Å². The third-order valence-corrected chi connectivity index (χ3v) is 3.31. The Kier molecular flexibility index (Phi) is 3.21. The van der Waals surface area contributed by atoms with Gasteiger partial charge in [-0.15, -0.1) is 0 Å². The fourth-order valence-corrected chi connectivity index (χ4v) is 2.33. The van der Waals surface area contributed by atoms with Gasteiger partial charge in [0.2, 0.25) is 5.89 Å². The van der Waals surface area contributed by atoms with Crippen LogP contribution in [0.25, 0.3) is 0 Å². The lowest BCUT2D eigenvalue weighted by Gasteiger charge is -2.06. The van der Waals surface area contributed by atoms with Crippen LogP contribution in [0.1, 0.15) is 43.3 Å². The van der Waals surface area contributed by atoms with Crippen LogP contribution in [0.4, 0.5) is 5.69 Å². The summed E-state index contributed by atoms with van der Waals surface area (Å²) in [4.78, 5) is 4.43. The Hall–Kier alpha value is -1.88. The summed E-state index contributed by atoms with van der Waals surface area (Å²) >= 11 is 0. The molecule has 0 saturated heterocycles. The fourth-order valence-electron chi connectivity index (χ4n) is 2.33. The highest BCUT2D eigenvalue weighted by Gasteiger charge is 2.27. The number of hydrogen-bond donors (Lipinski definition) is 1. The molecule has 0 fully saturated rings. The zero-order valence-electron chi connectivity index (χ0n) is 11.1. The molecule has 2 aromatic rings. The van der Waals surface area contributed by atoms with Crippen molar-refractivity contribution in [2.24, 2.45) is 0 Å². The maximum absolute atomic E-state index is 5.46. The van der Waals surface area contributed by atoms with Crippen molar-refractivity contribution in [3.8, 4) is 0 Å². The average Bonchev–Trinajstić information content (AvgIpc) is 3.05. The standard InChI is InChI=1S/C14H17N3O2/c1-3-18-9(2)13-16-14(19-17-13)12-8-10-6-4-5-7-11(10)15-12/h4-7,9,12,15H,3,8H2,1-2H3. The van der Waals surface area contributed by atoms with Gasteiger partial charge >= 0.3 is 0 Å². The van der Waals surface area contributed by atoms with Crippen LogP contribution in [0, 0.1) is 0 Å². The fraction of sp³-hybridized carbons (Fsp3) is 0.429. The maximum atomic E-state index is 5.46. The summed E-state index contributed by atoms with van der Waals surface area (Å²) in [6.07, 6.45) is 0.743. The van der Waals surface area contributed by atoms with Crippen LogP contribution in [-0.2, 0) is 11.2 Å². The molecule has 0 radical (unpaired) electrons. The predicted molar refractivity (Wildman–Crippen MR) is 70.8 cm³/mol. The van der Waals surface area contributed by atoms with Gasteiger partial charge in [-0.25, -0.2) is 0 Å². The highest BCUT2D eigenvalue weighted by molar-refractivity contribution is 5.56. The molecule has 3 rings (SSSR count). The molecular weight excluding hydrogens is 242 g/mol. The Morgan fingerprint density at radius 2 is 2.32 bits per heavy atom. The van der Waals surface area contributed by atoms with Crippen LogP contribution in [0.15, 0.2) is 28.8 Å². The van der Waals surface area contributed by atoms with Crippen molar-refractivity contribution >= 4 is 5.69 Å². The minimum atomic E-state index is -0.133. The first-order chi connectivity index (χ1) is 9.28. The predicted octanol–water partition coefficient (Wildman–Crippen LogP) is 2.88. The van der Waals surface area contributed by atoms with E-state index >= 15 is 0 Å². The summed E-state index contributed by atoms with van der Waals surface area (Å²) in [5.74, 6) is 1.23. The maximum Gasteiger partial charge on any atom is 0.249 e. The van der Waals surface area contributed by atoms with E-state index in [1.54, 1.807) is 0 Å². The van der Waals surface area contributed by atoms with Gasteiger partial charge in [0.15, 0.2) is 5.82 Å². The molecule has 1 N–H and O–H groups in total. The van der Waals surface area contributed by atoms with Gasteiger partial charge in [0.05, 0.1) is 0 Å². The zero-order chi connectivity index (χ0) is 13.2. The second kappa shape index (κ2) is 5.01. The van der Waals surface area contributed by atoms with Crippen molar-refractivity contribution in [1.82, 2.24) is 10.1 Å². The van der Waals surface area contributed by atoms with Gasteiger partial charge in [0.25, 0.3) is 0 Å². The van der Waals surface area contributed by atoms with Gasteiger partial charge < -0.3 is 14.6 Å². The third kappa shape index (κ3) is 2.33. The molecule has 100 valence electrons. The van der Waals surface area contributed by atoms with Gasteiger partial charge in [-0.1, -0.05) is 23.4 Å².